The van der Waals surface area contributed by atoms with E-state index < -0.39 is 47.9 Å². The van der Waals surface area contributed by atoms with Gasteiger partial charge in [0, 0.05) is 29.8 Å². The van der Waals surface area contributed by atoms with Crippen molar-refractivity contribution in [2.45, 2.75) is 37.6 Å². The second-order valence-corrected chi connectivity index (χ2v) is 9.63. The van der Waals surface area contributed by atoms with Gasteiger partial charge in [-0.2, -0.15) is 0 Å². The van der Waals surface area contributed by atoms with Crippen molar-refractivity contribution >= 4 is 23.0 Å². The van der Waals surface area contributed by atoms with E-state index in [4.69, 9.17) is 18.6 Å². The first-order chi connectivity index (χ1) is 20.0. The topological polar surface area (TPSA) is 196 Å². The van der Waals surface area contributed by atoms with Gasteiger partial charge in [0.1, 0.15) is 46.2 Å². The number of phenols is 4. The first kappa shape index (κ1) is 28.5. The third-order valence-corrected chi connectivity index (χ3v) is 6.62. The summed E-state index contributed by atoms with van der Waals surface area (Å²) in [6.45, 7) is 1.47. The summed E-state index contributed by atoms with van der Waals surface area (Å²) < 4.78 is 22.6. The van der Waals surface area contributed by atoms with E-state index in [-0.39, 0.29) is 45.3 Å². The van der Waals surface area contributed by atoms with Crippen molar-refractivity contribution in [1.29, 1.82) is 0 Å². The fourth-order valence-corrected chi connectivity index (χ4v) is 4.43. The lowest BCUT2D eigenvalue weighted by Gasteiger charge is -2.40. The van der Waals surface area contributed by atoms with Crippen LogP contribution in [0.2, 0.25) is 0 Å². The molecule has 5 rings (SSSR count). The fourth-order valence-electron chi connectivity index (χ4n) is 4.43. The maximum atomic E-state index is 12.7. The highest BCUT2D eigenvalue weighted by molar-refractivity contribution is 5.87. The Balaban J connectivity index is 1.42. The number of rotatable bonds is 6. The van der Waals surface area contributed by atoms with Crippen LogP contribution in [0, 0.1) is 0 Å². The van der Waals surface area contributed by atoms with Crippen LogP contribution in [0.4, 0.5) is 0 Å². The molecule has 0 aliphatic carbocycles. The molecule has 3 aromatic carbocycles. The van der Waals surface area contributed by atoms with Gasteiger partial charge in [0.25, 0.3) is 0 Å². The van der Waals surface area contributed by atoms with Gasteiger partial charge >= 0.3 is 5.97 Å². The predicted octanol–water partition coefficient (Wildman–Crippen LogP) is 2.75. The van der Waals surface area contributed by atoms with Crippen LogP contribution in [-0.4, -0.2) is 67.3 Å². The Bertz CT molecular complexity index is 1710. The maximum Gasteiger partial charge on any atom is 0.331 e. The summed E-state index contributed by atoms with van der Waals surface area (Å²) in [5, 5.41) is 60.7. The minimum absolute atomic E-state index is 0.0121. The van der Waals surface area contributed by atoms with Gasteiger partial charge in [-0.15, -0.1) is 0 Å². The number of aliphatic hydroxyl groups excluding tert-OH is 2. The summed E-state index contributed by atoms with van der Waals surface area (Å²) in [5.74, 6) is -2.18. The smallest absolute Gasteiger partial charge is 0.331 e. The van der Waals surface area contributed by atoms with Crippen LogP contribution in [0.1, 0.15) is 12.5 Å². The Kier molecular flexibility index (Phi) is 7.77. The number of fused-ring (bicyclic) bond motifs is 1. The van der Waals surface area contributed by atoms with E-state index in [0.717, 1.165) is 24.3 Å². The van der Waals surface area contributed by atoms with Gasteiger partial charge in [0.05, 0.1) is 6.10 Å². The number of aromatic hydroxyl groups is 4. The summed E-state index contributed by atoms with van der Waals surface area (Å²) in [6, 6.07) is 13.2. The number of ether oxygens (including phenoxy) is 3. The number of hydrogen-bond acceptors (Lipinski definition) is 12. The highest BCUT2D eigenvalue weighted by Gasteiger charge is 2.46. The molecule has 5 unspecified atom stereocenters. The molecular weight excluding hydrogens is 552 g/mol. The van der Waals surface area contributed by atoms with Crippen molar-refractivity contribution < 1.29 is 54.1 Å². The molecule has 0 bridgehead atoms. The molecule has 0 saturated carbocycles. The number of hydrogen-bond donors (Lipinski definition) is 6. The second-order valence-electron chi connectivity index (χ2n) is 9.63. The molecule has 1 aliphatic heterocycles. The maximum absolute atomic E-state index is 12.7. The lowest BCUT2D eigenvalue weighted by atomic mass is 9.99. The molecule has 42 heavy (non-hydrogen) atoms. The quantitative estimate of drug-likeness (QED) is 0.145. The Labute approximate surface area is 237 Å². The zero-order chi connectivity index (χ0) is 30.1. The molecule has 4 aromatic rings. The van der Waals surface area contributed by atoms with Crippen molar-refractivity contribution in [2.24, 2.45) is 0 Å². The first-order valence-corrected chi connectivity index (χ1v) is 12.7. The zero-order valence-electron chi connectivity index (χ0n) is 21.9. The molecule has 1 aliphatic rings. The van der Waals surface area contributed by atoms with Gasteiger partial charge in [-0.05, 0) is 48.9 Å². The minimum Gasteiger partial charge on any atom is -0.508 e. The van der Waals surface area contributed by atoms with Crippen LogP contribution < -0.4 is 10.2 Å². The average molecular weight is 579 g/mol. The summed E-state index contributed by atoms with van der Waals surface area (Å²) in [5.41, 5.74) is 0.159. The normalized spacial score (nSPS) is 22.3. The molecule has 2 heterocycles. The molecule has 1 aromatic heterocycles. The number of carbonyl (C=O) groups excluding carboxylic acids is 1. The SMILES string of the molecule is CC1OC(Oc2cc(-c3cc(=O)c4c(O)cc(O)cc4o3)ccc2O)C(OC(=O)C=Cc2ccc(O)cc2)C(O)C1O. The molecule has 0 spiro atoms. The highest BCUT2D eigenvalue weighted by atomic mass is 16.7. The average Bonchev–Trinajstić information content (AvgIpc) is 2.94. The van der Waals surface area contributed by atoms with E-state index in [0.29, 0.717) is 5.56 Å². The van der Waals surface area contributed by atoms with Gasteiger partial charge < -0.3 is 49.3 Å². The molecule has 12 heteroatoms. The first-order valence-electron chi connectivity index (χ1n) is 12.7. The van der Waals surface area contributed by atoms with Crippen molar-refractivity contribution in [3.63, 3.8) is 0 Å². The van der Waals surface area contributed by atoms with Crippen LogP contribution in [0.5, 0.6) is 28.7 Å². The van der Waals surface area contributed by atoms with Crippen molar-refractivity contribution in [3.8, 4) is 40.1 Å². The molecule has 6 N–H and O–H groups in total. The predicted molar refractivity (Wildman–Crippen MR) is 147 cm³/mol. The molecular formula is C30H26O12. The summed E-state index contributed by atoms with van der Waals surface area (Å²) in [4.78, 5) is 25.2. The van der Waals surface area contributed by atoms with Crippen LogP contribution in [0.25, 0.3) is 28.4 Å². The van der Waals surface area contributed by atoms with E-state index in [1.807, 2.05) is 0 Å². The Morgan fingerprint density at radius 1 is 0.881 bits per heavy atom. The van der Waals surface area contributed by atoms with Gasteiger partial charge in [-0.1, -0.05) is 12.1 Å². The number of esters is 1. The second kappa shape index (κ2) is 11.4. The van der Waals surface area contributed by atoms with Crippen LogP contribution in [0.3, 0.4) is 0 Å². The third-order valence-electron chi connectivity index (χ3n) is 6.62. The van der Waals surface area contributed by atoms with Gasteiger partial charge in [0.15, 0.2) is 23.0 Å². The van der Waals surface area contributed by atoms with Gasteiger partial charge in [0.2, 0.25) is 6.29 Å². The van der Waals surface area contributed by atoms with Crippen molar-refractivity contribution in [3.05, 3.63) is 82.5 Å². The van der Waals surface area contributed by atoms with Crippen molar-refractivity contribution in [1.82, 2.24) is 0 Å². The molecule has 1 fully saturated rings. The monoisotopic (exact) mass is 578 g/mol. The third kappa shape index (κ3) is 5.86. The number of phenolic OH excluding ortho intramolecular Hbond substituents is 4. The summed E-state index contributed by atoms with van der Waals surface area (Å²) in [6.07, 6.45) is -4.51. The summed E-state index contributed by atoms with van der Waals surface area (Å²) in [7, 11) is 0. The van der Waals surface area contributed by atoms with E-state index in [1.165, 1.54) is 43.3 Å². The number of benzene rings is 3. The van der Waals surface area contributed by atoms with E-state index in [9.17, 15) is 40.2 Å². The van der Waals surface area contributed by atoms with Crippen LogP contribution >= 0.6 is 0 Å². The largest absolute Gasteiger partial charge is 0.508 e. The summed E-state index contributed by atoms with van der Waals surface area (Å²) >= 11 is 0. The van der Waals surface area contributed by atoms with Gasteiger partial charge in [-0.3, -0.25) is 4.79 Å². The lowest BCUT2D eigenvalue weighted by molar-refractivity contribution is -0.272. The van der Waals surface area contributed by atoms with E-state index >= 15 is 0 Å². The highest BCUT2D eigenvalue weighted by Crippen LogP contribution is 2.36. The Morgan fingerprint density at radius 2 is 1.62 bits per heavy atom. The molecule has 5 atom stereocenters. The van der Waals surface area contributed by atoms with Crippen LogP contribution in [-0.2, 0) is 14.3 Å². The number of aliphatic hydroxyl groups is 2. The van der Waals surface area contributed by atoms with E-state index in [2.05, 4.69) is 0 Å². The molecule has 1 saturated heterocycles. The van der Waals surface area contributed by atoms with E-state index in [1.54, 1.807) is 12.1 Å². The minimum atomic E-state index is -1.62. The lowest BCUT2D eigenvalue weighted by Crippen LogP contribution is -2.59. The van der Waals surface area contributed by atoms with Crippen LogP contribution in [0.15, 0.2) is 76.0 Å². The standard InChI is InChI=1S/C30H26O12/c1-14-27(37)28(38)29(42-25(36)9-4-15-2-6-17(31)7-3-15)30(39-14)41-23-10-16(5-8-19(23)33)22-13-21(35)26-20(34)11-18(32)12-24(26)40-22/h2-14,27-34,37-38H,1H3. The molecule has 218 valence electrons. The van der Waals surface area contributed by atoms with Gasteiger partial charge in [-0.25, -0.2) is 4.79 Å². The molecule has 12 nitrogen and oxygen atoms in total. The Morgan fingerprint density at radius 3 is 2.36 bits per heavy atom. The zero-order valence-corrected chi connectivity index (χ0v) is 21.9. The molecule has 0 amide bonds. The fraction of sp³-hybridized carbons (Fsp3) is 0.200. The Hall–Kier alpha value is -5.04. The number of carbonyl (C=O) groups is 1. The molecule has 0 radical (unpaired) electrons. The van der Waals surface area contributed by atoms with Crippen molar-refractivity contribution in [2.75, 3.05) is 0 Å².